The fraction of sp³-hybridized carbons (Fsp3) is 0.267. The van der Waals surface area contributed by atoms with E-state index >= 15 is 0 Å². The summed E-state index contributed by atoms with van der Waals surface area (Å²) in [4.78, 5) is 6.21. The Morgan fingerprint density at radius 1 is 1.26 bits per heavy atom. The van der Waals surface area contributed by atoms with Crippen molar-refractivity contribution in [2.24, 2.45) is 0 Å². The highest BCUT2D eigenvalue weighted by atomic mass is 35.5. The molecule has 2 aromatic rings. The monoisotopic (exact) mass is 278 g/mol. The number of rotatable bonds is 4. The van der Waals surface area contributed by atoms with Gasteiger partial charge in [0.05, 0.1) is 12.1 Å². The third-order valence-corrected chi connectivity index (χ3v) is 3.26. The van der Waals surface area contributed by atoms with Gasteiger partial charge >= 0.3 is 0 Å². The summed E-state index contributed by atoms with van der Waals surface area (Å²) in [6.45, 7) is 4.81. The second-order valence-electron chi connectivity index (χ2n) is 4.35. The van der Waals surface area contributed by atoms with Gasteiger partial charge < -0.3 is 4.90 Å². The van der Waals surface area contributed by atoms with Gasteiger partial charge in [-0.05, 0) is 32.0 Å². The topological polar surface area (TPSA) is 16.1 Å². The predicted octanol–water partition coefficient (Wildman–Crippen LogP) is 4.43. The first kappa shape index (κ1) is 13.8. The van der Waals surface area contributed by atoms with E-state index in [2.05, 4.69) is 4.98 Å². The Morgan fingerprint density at radius 3 is 2.53 bits per heavy atom. The van der Waals surface area contributed by atoms with Gasteiger partial charge in [0.15, 0.2) is 0 Å². The number of anilines is 2. The van der Waals surface area contributed by atoms with Crippen LogP contribution < -0.4 is 4.90 Å². The lowest BCUT2D eigenvalue weighted by atomic mass is 10.2. The van der Waals surface area contributed by atoms with Crippen LogP contribution in [0.1, 0.15) is 18.1 Å². The standard InChI is InChI=1S/C15H16ClFN2/c1-3-19(14-6-4-11(2)5-7-14)15-12(9-16)8-13(17)10-18-15/h4-8,10H,3,9H2,1-2H3. The van der Waals surface area contributed by atoms with Gasteiger partial charge in [-0.1, -0.05) is 17.7 Å². The quantitative estimate of drug-likeness (QED) is 0.769. The number of pyridine rings is 1. The van der Waals surface area contributed by atoms with Crippen LogP contribution in [0.3, 0.4) is 0 Å². The van der Waals surface area contributed by atoms with E-state index in [-0.39, 0.29) is 11.7 Å². The molecule has 1 aromatic carbocycles. The number of benzene rings is 1. The van der Waals surface area contributed by atoms with E-state index in [1.807, 2.05) is 43.0 Å². The summed E-state index contributed by atoms with van der Waals surface area (Å²) >= 11 is 5.88. The summed E-state index contributed by atoms with van der Waals surface area (Å²) in [5.74, 6) is 0.588. The minimum Gasteiger partial charge on any atom is -0.326 e. The summed E-state index contributed by atoms with van der Waals surface area (Å²) in [5.41, 5.74) is 2.92. The molecule has 0 saturated heterocycles. The van der Waals surface area contributed by atoms with E-state index in [4.69, 9.17) is 11.6 Å². The zero-order valence-electron chi connectivity index (χ0n) is 11.0. The van der Waals surface area contributed by atoms with Crippen LogP contribution in [0, 0.1) is 12.7 Å². The van der Waals surface area contributed by atoms with Crippen LogP contribution in [0.5, 0.6) is 0 Å². The first-order valence-corrected chi connectivity index (χ1v) is 6.73. The maximum Gasteiger partial charge on any atom is 0.141 e. The Kier molecular flexibility index (Phi) is 4.38. The fourth-order valence-electron chi connectivity index (χ4n) is 1.99. The van der Waals surface area contributed by atoms with Gasteiger partial charge in [-0.2, -0.15) is 0 Å². The average Bonchev–Trinajstić information content (AvgIpc) is 2.43. The number of aryl methyl sites for hydroxylation is 1. The summed E-state index contributed by atoms with van der Waals surface area (Å²) in [6.07, 6.45) is 1.22. The molecule has 2 rings (SSSR count). The number of nitrogens with zero attached hydrogens (tertiary/aromatic N) is 2. The molecule has 0 unspecified atom stereocenters. The van der Waals surface area contributed by atoms with Crippen molar-refractivity contribution in [2.75, 3.05) is 11.4 Å². The van der Waals surface area contributed by atoms with Crippen molar-refractivity contribution < 1.29 is 4.39 Å². The molecule has 19 heavy (non-hydrogen) atoms. The van der Waals surface area contributed by atoms with Crippen LogP contribution in [0.4, 0.5) is 15.9 Å². The van der Waals surface area contributed by atoms with Crippen molar-refractivity contribution in [1.29, 1.82) is 0 Å². The van der Waals surface area contributed by atoms with Crippen LogP contribution >= 0.6 is 11.6 Å². The molecule has 0 spiro atoms. The Balaban J connectivity index is 2.44. The highest BCUT2D eigenvalue weighted by Gasteiger charge is 2.13. The molecule has 0 saturated carbocycles. The van der Waals surface area contributed by atoms with Crippen LogP contribution in [-0.4, -0.2) is 11.5 Å². The number of hydrogen-bond donors (Lipinski definition) is 0. The van der Waals surface area contributed by atoms with Crippen molar-refractivity contribution in [1.82, 2.24) is 4.98 Å². The lowest BCUT2D eigenvalue weighted by molar-refractivity contribution is 0.619. The molecule has 0 fully saturated rings. The average molecular weight is 279 g/mol. The van der Waals surface area contributed by atoms with Crippen LogP contribution in [0.2, 0.25) is 0 Å². The molecule has 0 atom stereocenters. The molecule has 0 aliphatic rings. The van der Waals surface area contributed by atoms with Crippen molar-refractivity contribution in [3.63, 3.8) is 0 Å². The third kappa shape index (κ3) is 3.04. The smallest absolute Gasteiger partial charge is 0.141 e. The molecule has 4 heteroatoms. The summed E-state index contributed by atoms with van der Waals surface area (Å²) in [7, 11) is 0. The van der Waals surface area contributed by atoms with Gasteiger partial charge in [0.25, 0.3) is 0 Å². The second kappa shape index (κ2) is 6.02. The van der Waals surface area contributed by atoms with E-state index < -0.39 is 0 Å². The van der Waals surface area contributed by atoms with E-state index in [0.29, 0.717) is 11.4 Å². The molecular formula is C15H16ClFN2. The molecule has 0 amide bonds. The van der Waals surface area contributed by atoms with Gasteiger partial charge in [-0.15, -0.1) is 11.6 Å². The van der Waals surface area contributed by atoms with Gasteiger partial charge in [-0.25, -0.2) is 9.37 Å². The molecule has 2 nitrogen and oxygen atoms in total. The Morgan fingerprint density at radius 2 is 1.95 bits per heavy atom. The number of halogens is 2. The normalized spacial score (nSPS) is 10.5. The second-order valence-corrected chi connectivity index (χ2v) is 4.62. The Hall–Kier alpha value is -1.61. The minimum atomic E-state index is -0.362. The Labute approximate surface area is 117 Å². The Bertz CT molecular complexity index is 555. The molecule has 0 N–H and O–H groups in total. The van der Waals surface area contributed by atoms with Crippen LogP contribution in [-0.2, 0) is 5.88 Å². The first-order chi connectivity index (χ1) is 9.15. The van der Waals surface area contributed by atoms with E-state index in [0.717, 1.165) is 12.2 Å². The van der Waals surface area contributed by atoms with Crippen LogP contribution in [0.25, 0.3) is 0 Å². The fourth-order valence-corrected chi connectivity index (χ4v) is 2.19. The van der Waals surface area contributed by atoms with Gasteiger partial charge in [0.2, 0.25) is 0 Å². The predicted molar refractivity (Wildman–Crippen MR) is 77.6 cm³/mol. The molecule has 0 aliphatic carbocycles. The maximum absolute atomic E-state index is 13.2. The molecular weight excluding hydrogens is 263 g/mol. The van der Waals surface area contributed by atoms with Gasteiger partial charge in [0.1, 0.15) is 11.6 Å². The zero-order valence-corrected chi connectivity index (χ0v) is 11.8. The lowest BCUT2D eigenvalue weighted by Gasteiger charge is -2.24. The van der Waals surface area contributed by atoms with Crippen molar-refractivity contribution in [3.05, 3.63) is 53.5 Å². The summed E-state index contributed by atoms with van der Waals surface area (Å²) < 4.78 is 13.2. The number of alkyl halides is 1. The van der Waals surface area contributed by atoms with Crippen LogP contribution in [0.15, 0.2) is 36.5 Å². The molecule has 0 bridgehead atoms. The van der Waals surface area contributed by atoms with Crippen molar-refractivity contribution in [3.8, 4) is 0 Å². The summed E-state index contributed by atoms with van der Waals surface area (Å²) in [6, 6.07) is 9.58. The molecule has 100 valence electrons. The van der Waals surface area contributed by atoms with Gasteiger partial charge in [-0.3, -0.25) is 0 Å². The van der Waals surface area contributed by atoms with E-state index in [1.165, 1.54) is 17.8 Å². The van der Waals surface area contributed by atoms with E-state index in [9.17, 15) is 4.39 Å². The lowest BCUT2D eigenvalue weighted by Crippen LogP contribution is -2.19. The third-order valence-electron chi connectivity index (χ3n) is 2.97. The van der Waals surface area contributed by atoms with Crippen molar-refractivity contribution >= 4 is 23.1 Å². The number of hydrogen-bond acceptors (Lipinski definition) is 2. The van der Waals surface area contributed by atoms with Crippen molar-refractivity contribution in [2.45, 2.75) is 19.7 Å². The maximum atomic E-state index is 13.2. The molecule has 1 heterocycles. The SMILES string of the molecule is CCN(c1ccc(C)cc1)c1ncc(F)cc1CCl. The zero-order chi connectivity index (χ0) is 13.8. The highest BCUT2D eigenvalue weighted by molar-refractivity contribution is 6.17. The molecule has 1 aromatic heterocycles. The molecule has 0 radical (unpaired) electrons. The minimum absolute atomic E-state index is 0.239. The van der Waals surface area contributed by atoms with E-state index in [1.54, 1.807) is 0 Å². The molecule has 0 aliphatic heterocycles. The van der Waals surface area contributed by atoms with Gasteiger partial charge in [0, 0.05) is 17.8 Å². The summed E-state index contributed by atoms with van der Waals surface area (Å²) in [5, 5.41) is 0. The number of aromatic nitrogens is 1. The highest BCUT2D eigenvalue weighted by Crippen LogP contribution is 2.28. The first-order valence-electron chi connectivity index (χ1n) is 6.20. The largest absolute Gasteiger partial charge is 0.326 e.